The quantitative estimate of drug-likeness (QED) is 0.415. The summed E-state index contributed by atoms with van der Waals surface area (Å²) in [5.41, 5.74) is 4.08. The third kappa shape index (κ3) is 6.60. The monoisotopic (exact) mass is 467 g/mol. The molecule has 0 spiro atoms. The predicted molar refractivity (Wildman–Crippen MR) is 143 cm³/mol. The molecular weight excluding hydrogens is 434 g/mol. The maximum Gasteiger partial charge on any atom is 0.253 e. The van der Waals surface area contributed by atoms with Crippen LogP contribution in [-0.4, -0.2) is 24.9 Å². The van der Waals surface area contributed by atoms with Crippen molar-refractivity contribution in [1.29, 1.82) is 0 Å². The normalized spacial score (nSPS) is 15.1. The molecule has 0 saturated carbocycles. The van der Waals surface area contributed by atoms with Crippen molar-refractivity contribution in [3.8, 4) is 0 Å². The summed E-state index contributed by atoms with van der Waals surface area (Å²) in [6.45, 7) is 6.09. The molecule has 1 atom stereocenters. The molecule has 0 unspecified atom stereocenters. The van der Waals surface area contributed by atoms with Crippen molar-refractivity contribution < 1.29 is 9.59 Å². The number of nitrogens with one attached hydrogen (secondary N) is 2. The molecule has 1 fully saturated rings. The maximum absolute atomic E-state index is 13.4. The molecule has 4 rings (SSSR count). The van der Waals surface area contributed by atoms with E-state index >= 15 is 0 Å². The molecule has 1 saturated heterocycles. The number of nitrogens with zero attached hydrogens (tertiary/aromatic N) is 1. The third-order valence-corrected chi connectivity index (χ3v) is 6.51. The fraction of sp³-hybridized carbons (Fsp3) is 0.267. The molecule has 180 valence electrons. The van der Waals surface area contributed by atoms with Crippen molar-refractivity contribution in [2.45, 2.75) is 32.7 Å². The minimum atomic E-state index is -0.239. The van der Waals surface area contributed by atoms with Crippen molar-refractivity contribution in [3.63, 3.8) is 0 Å². The summed E-state index contributed by atoms with van der Waals surface area (Å²) in [4.78, 5) is 28.3. The van der Waals surface area contributed by atoms with Gasteiger partial charge in [0.1, 0.15) is 0 Å². The van der Waals surface area contributed by atoms with Gasteiger partial charge in [-0.25, -0.2) is 0 Å². The Morgan fingerprint density at radius 1 is 0.943 bits per heavy atom. The first-order valence-electron chi connectivity index (χ1n) is 12.3. The van der Waals surface area contributed by atoms with Crippen LogP contribution in [0.4, 0.5) is 11.4 Å². The Morgan fingerprint density at radius 2 is 1.60 bits per heavy atom. The van der Waals surface area contributed by atoms with E-state index in [9.17, 15) is 9.59 Å². The Morgan fingerprint density at radius 3 is 2.29 bits per heavy atom. The van der Waals surface area contributed by atoms with Crippen molar-refractivity contribution in [3.05, 3.63) is 102 Å². The van der Waals surface area contributed by atoms with Gasteiger partial charge in [0.15, 0.2) is 0 Å². The fourth-order valence-electron chi connectivity index (χ4n) is 4.34. The highest BCUT2D eigenvalue weighted by atomic mass is 16.2. The van der Waals surface area contributed by atoms with Crippen LogP contribution in [0, 0.1) is 5.92 Å². The van der Waals surface area contributed by atoms with Gasteiger partial charge in [0.25, 0.3) is 5.91 Å². The number of rotatable bonds is 7. The van der Waals surface area contributed by atoms with E-state index in [-0.39, 0.29) is 17.9 Å². The number of benzene rings is 3. The van der Waals surface area contributed by atoms with Crippen molar-refractivity contribution in [2.75, 3.05) is 23.3 Å². The summed E-state index contributed by atoms with van der Waals surface area (Å²) in [6, 6.07) is 25.1. The van der Waals surface area contributed by atoms with E-state index in [1.807, 2.05) is 79.7 Å². The molecule has 5 heteroatoms. The number of piperidine rings is 1. The first-order valence-corrected chi connectivity index (χ1v) is 12.3. The minimum absolute atomic E-state index is 0.134. The zero-order valence-corrected chi connectivity index (χ0v) is 20.4. The van der Waals surface area contributed by atoms with E-state index in [1.54, 1.807) is 12.1 Å². The van der Waals surface area contributed by atoms with E-state index in [2.05, 4.69) is 22.5 Å². The highest BCUT2D eigenvalue weighted by Crippen LogP contribution is 2.29. The van der Waals surface area contributed by atoms with Gasteiger partial charge < -0.3 is 15.5 Å². The molecule has 1 heterocycles. The van der Waals surface area contributed by atoms with E-state index in [0.717, 1.165) is 42.7 Å². The lowest BCUT2D eigenvalue weighted by Crippen LogP contribution is -2.35. The molecule has 3 aromatic rings. The first-order chi connectivity index (χ1) is 17.0. The Labute approximate surface area is 207 Å². The van der Waals surface area contributed by atoms with Crippen LogP contribution < -0.4 is 15.5 Å². The molecule has 0 bridgehead atoms. The van der Waals surface area contributed by atoms with Crippen LogP contribution in [0.2, 0.25) is 0 Å². The highest BCUT2D eigenvalue weighted by molar-refractivity contribution is 6.05. The molecule has 0 aliphatic carbocycles. The number of carbonyl (C=O) groups excluding carboxylic acids is 2. The highest BCUT2D eigenvalue weighted by Gasteiger charge is 2.23. The summed E-state index contributed by atoms with van der Waals surface area (Å²) < 4.78 is 0. The van der Waals surface area contributed by atoms with E-state index in [4.69, 9.17) is 0 Å². The lowest BCUT2D eigenvalue weighted by atomic mass is 9.97. The Bertz CT molecular complexity index is 1170. The summed E-state index contributed by atoms with van der Waals surface area (Å²) in [6.07, 6.45) is 5.48. The van der Waals surface area contributed by atoms with Gasteiger partial charge in [-0.2, -0.15) is 0 Å². The number of hydrogen-bond donors (Lipinski definition) is 2. The van der Waals surface area contributed by atoms with Crippen LogP contribution in [0.1, 0.15) is 54.2 Å². The summed E-state index contributed by atoms with van der Waals surface area (Å²) in [5, 5.41) is 6.04. The molecule has 5 nitrogen and oxygen atoms in total. The summed E-state index contributed by atoms with van der Waals surface area (Å²) >= 11 is 0. The third-order valence-electron chi connectivity index (χ3n) is 6.51. The lowest BCUT2D eigenvalue weighted by Gasteiger charge is -2.33. The molecule has 3 aromatic carbocycles. The molecule has 0 radical (unpaired) electrons. The summed E-state index contributed by atoms with van der Waals surface area (Å²) in [5.74, 6) is 0.305. The molecule has 35 heavy (non-hydrogen) atoms. The van der Waals surface area contributed by atoms with Crippen LogP contribution in [-0.2, 0) is 4.79 Å². The van der Waals surface area contributed by atoms with Gasteiger partial charge in [0.05, 0.1) is 11.6 Å². The Balaban J connectivity index is 1.55. The van der Waals surface area contributed by atoms with Gasteiger partial charge >= 0.3 is 0 Å². The molecular formula is C30H33N3O2. The second kappa shape index (κ2) is 11.5. The number of amides is 2. The number of carbonyl (C=O) groups is 2. The van der Waals surface area contributed by atoms with Crippen LogP contribution in [0.3, 0.4) is 0 Å². The topological polar surface area (TPSA) is 61.4 Å². The minimum Gasteiger partial charge on any atom is -0.371 e. The smallest absolute Gasteiger partial charge is 0.253 e. The zero-order valence-electron chi connectivity index (χ0n) is 20.4. The second-order valence-corrected chi connectivity index (χ2v) is 9.24. The number of hydrogen-bond acceptors (Lipinski definition) is 3. The van der Waals surface area contributed by atoms with Crippen LogP contribution in [0.25, 0.3) is 6.08 Å². The van der Waals surface area contributed by atoms with Crippen LogP contribution in [0.5, 0.6) is 0 Å². The summed E-state index contributed by atoms with van der Waals surface area (Å²) in [7, 11) is 0. The largest absolute Gasteiger partial charge is 0.371 e. The predicted octanol–water partition coefficient (Wildman–Crippen LogP) is 6.07. The van der Waals surface area contributed by atoms with Crippen molar-refractivity contribution >= 4 is 29.3 Å². The molecule has 1 aliphatic rings. The second-order valence-electron chi connectivity index (χ2n) is 9.24. The van der Waals surface area contributed by atoms with Gasteiger partial charge in [-0.15, -0.1) is 0 Å². The number of anilines is 2. The van der Waals surface area contributed by atoms with Crippen molar-refractivity contribution in [1.82, 2.24) is 5.32 Å². The molecule has 1 aliphatic heterocycles. The fourth-order valence-corrected chi connectivity index (χ4v) is 4.34. The van der Waals surface area contributed by atoms with Gasteiger partial charge in [-0.3, -0.25) is 9.59 Å². The van der Waals surface area contributed by atoms with E-state index in [1.165, 1.54) is 6.08 Å². The van der Waals surface area contributed by atoms with Crippen LogP contribution in [0.15, 0.2) is 84.9 Å². The average molecular weight is 468 g/mol. The van der Waals surface area contributed by atoms with Gasteiger partial charge in [0.2, 0.25) is 5.91 Å². The molecule has 0 aromatic heterocycles. The molecule has 2 amide bonds. The SMILES string of the molecule is CC1CCN(c2ccc(NC(=O)/C=C/c3ccccc3)cc2C(=O)N[C@@H](C)c2ccccc2)CC1. The van der Waals surface area contributed by atoms with E-state index in [0.29, 0.717) is 17.2 Å². The lowest BCUT2D eigenvalue weighted by molar-refractivity contribution is -0.111. The Hall–Kier alpha value is -3.86. The Kier molecular flexibility index (Phi) is 7.99. The van der Waals surface area contributed by atoms with Gasteiger partial charge in [-0.05, 0) is 61.1 Å². The molecule has 2 N–H and O–H groups in total. The maximum atomic E-state index is 13.4. The average Bonchev–Trinajstić information content (AvgIpc) is 2.89. The van der Waals surface area contributed by atoms with Gasteiger partial charge in [0, 0.05) is 30.5 Å². The van der Waals surface area contributed by atoms with Crippen molar-refractivity contribution in [2.24, 2.45) is 5.92 Å². The van der Waals surface area contributed by atoms with Gasteiger partial charge in [-0.1, -0.05) is 67.6 Å². The standard InChI is InChI=1S/C30H33N3O2/c1-22-17-19-33(20-18-22)28-15-14-26(32-29(34)16-13-24-9-5-3-6-10-24)21-27(28)30(35)31-23(2)25-11-7-4-8-12-25/h3-16,21-23H,17-20H2,1-2H3,(H,31,35)(H,32,34)/b16-13+/t23-/m0/s1. The zero-order chi connectivity index (χ0) is 24.6. The van der Waals surface area contributed by atoms with Crippen LogP contribution >= 0.6 is 0 Å². The van der Waals surface area contributed by atoms with E-state index < -0.39 is 0 Å². The first kappa shape index (κ1) is 24.3.